The van der Waals surface area contributed by atoms with E-state index >= 15 is 0 Å². The topological polar surface area (TPSA) is 50.2 Å². The molecule has 2 rings (SSSR count). The van der Waals surface area contributed by atoms with Gasteiger partial charge in [0, 0.05) is 11.1 Å². The molecule has 1 heterocycles. The summed E-state index contributed by atoms with van der Waals surface area (Å²) in [6.07, 6.45) is -3.90. The molecule has 1 aromatic heterocycles. The molecule has 0 saturated carbocycles. The number of fused-ring (bicyclic) bond motifs is 1. The average Bonchev–Trinajstić information content (AvgIpc) is 2.43. The Morgan fingerprint density at radius 1 is 1.25 bits per heavy atom. The van der Waals surface area contributed by atoms with Gasteiger partial charge in [-0.15, -0.1) is 0 Å². The van der Waals surface area contributed by atoms with Crippen LogP contribution in [0.5, 0.6) is 0 Å². The van der Waals surface area contributed by atoms with E-state index in [1.54, 1.807) is 25.1 Å². The number of hydrogen-bond donors (Lipinski definition) is 1. The van der Waals surface area contributed by atoms with Gasteiger partial charge in [-0.2, -0.15) is 18.3 Å². The normalized spacial score (nSPS) is 12.8. The first-order chi connectivity index (χ1) is 9.41. The van der Waals surface area contributed by atoms with Crippen molar-refractivity contribution in [3.63, 3.8) is 0 Å². The Morgan fingerprint density at radius 3 is 2.60 bits per heavy atom. The molecule has 0 spiro atoms. The van der Waals surface area contributed by atoms with Gasteiger partial charge in [-0.25, -0.2) is 9.97 Å². The lowest BCUT2D eigenvalue weighted by molar-refractivity contribution is -0.144. The first kappa shape index (κ1) is 14.2. The summed E-state index contributed by atoms with van der Waals surface area (Å²) in [6.45, 7) is 3.68. The van der Waals surface area contributed by atoms with Crippen molar-refractivity contribution in [1.82, 2.24) is 9.97 Å². The van der Waals surface area contributed by atoms with Crippen LogP contribution in [0.25, 0.3) is 10.9 Å². The van der Waals surface area contributed by atoms with Crippen molar-refractivity contribution in [1.29, 1.82) is 0 Å². The smallest absolute Gasteiger partial charge is 0.261 e. The van der Waals surface area contributed by atoms with E-state index in [1.165, 1.54) is 6.07 Å². The van der Waals surface area contributed by atoms with E-state index in [9.17, 15) is 13.2 Å². The number of halogens is 3. The predicted octanol–water partition coefficient (Wildman–Crippen LogP) is 3.85. The largest absolute Gasteiger partial charge is 0.451 e. The molecule has 0 fully saturated rings. The quantitative estimate of drug-likeness (QED) is 0.687. The van der Waals surface area contributed by atoms with Gasteiger partial charge in [0.25, 0.3) is 0 Å². The summed E-state index contributed by atoms with van der Waals surface area (Å²) >= 11 is 0. The number of aromatic nitrogens is 2. The second-order valence-corrected chi connectivity index (χ2v) is 4.22. The van der Waals surface area contributed by atoms with E-state index in [1.807, 2.05) is 6.92 Å². The SMILES string of the molecule is CC/C(C)=N\Nc1nc(C(F)(F)F)nc2ccccc12. The van der Waals surface area contributed by atoms with Crippen LogP contribution in [0.1, 0.15) is 26.1 Å². The highest BCUT2D eigenvalue weighted by atomic mass is 19.4. The van der Waals surface area contributed by atoms with Crippen LogP contribution in [-0.2, 0) is 6.18 Å². The van der Waals surface area contributed by atoms with Gasteiger partial charge >= 0.3 is 6.18 Å². The van der Waals surface area contributed by atoms with Crippen LogP contribution in [0.3, 0.4) is 0 Å². The molecule has 0 aliphatic carbocycles. The van der Waals surface area contributed by atoms with E-state index in [0.29, 0.717) is 11.8 Å². The first-order valence-corrected chi connectivity index (χ1v) is 6.05. The third-order valence-electron chi connectivity index (χ3n) is 2.72. The summed E-state index contributed by atoms with van der Waals surface area (Å²) in [5, 5.41) is 4.49. The lowest BCUT2D eigenvalue weighted by atomic mass is 10.2. The Morgan fingerprint density at radius 2 is 1.95 bits per heavy atom. The fraction of sp³-hybridized carbons (Fsp3) is 0.308. The molecule has 0 saturated heterocycles. The minimum atomic E-state index is -4.59. The lowest BCUT2D eigenvalue weighted by Gasteiger charge is -2.10. The molecule has 0 bridgehead atoms. The Labute approximate surface area is 113 Å². The molecule has 0 amide bonds. The highest BCUT2D eigenvalue weighted by Crippen LogP contribution is 2.30. The number of rotatable bonds is 3. The van der Waals surface area contributed by atoms with Crippen LogP contribution >= 0.6 is 0 Å². The fourth-order valence-electron chi connectivity index (χ4n) is 1.52. The van der Waals surface area contributed by atoms with Gasteiger partial charge in [0.05, 0.1) is 5.52 Å². The lowest BCUT2D eigenvalue weighted by Crippen LogP contribution is -2.12. The standard InChI is InChI=1S/C13H13F3N4/c1-3-8(2)19-20-11-9-6-4-5-7-10(9)17-12(18-11)13(14,15)16/h4-7H,3H2,1-2H3,(H,17,18,20)/b19-8-. The average molecular weight is 282 g/mol. The molecule has 4 nitrogen and oxygen atoms in total. The van der Waals surface area contributed by atoms with Crippen LogP contribution < -0.4 is 5.43 Å². The predicted molar refractivity (Wildman–Crippen MR) is 71.6 cm³/mol. The van der Waals surface area contributed by atoms with E-state index in [2.05, 4.69) is 20.5 Å². The maximum atomic E-state index is 12.8. The van der Waals surface area contributed by atoms with Gasteiger partial charge in [-0.3, -0.25) is 5.43 Å². The van der Waals surface area contributed by atoms with Crippen LogP contribution in [0.2, 0.25) is 0 Å². The molecule has 20 heavy (non-hydrogen) atoms. The number of alkyl halides is 3. The summed E-state index contributed by atoms with van der Waals surface area (Å²) in [7, 11) is 0. The van der Waals surface area contributed by atoms with Gasteiger partial charge in [-0.1, -0.05) is 19.1 Å². The van der Waals surface area contributed by atoms with Crippen LogP contribution in [-0.4, -0.2) is 15.7 Å². The zero-order valence-corrected chi connectivity index (χ0v) is 11.0. The zero-order valence-electron chi connectivity index (χ0n) is 11.0. The molecule has 106 valence electrons. The second-order valence-electron chi connectivity index (χ2n) is 4.22. The van der Waals surface area contributed by atoms with Gasteiger partial charge in [0.1, 0.15) is 0 Å². The molecule has 0 aliphatic rings. The summed E-state index contributed by atoms with van der Waals surface area (Å²) in [5.74, 6) is -1.13. The highest BCUT2D eigenvalue weighted by Gasteiger charge is 2.35. The first-order valence-electron chi connectivity index (χ1n) is 6.05. The molecule has 1 N–H and O–H groups in total. The molecule has 0 unspecified atom stereocenters. The van der Waals surface area contributed by atoms with Gasteiger partial charge < -0.3 is 0 Å². The number of hydrogen-bond acceptors (Lipinski definition) is 4. The van der Waals surface area contributed by atoms with Crippen LogP contribution in [0.4, 0.5) is 19.0 Å². The number of hydrazone groups is 1. The van der Waals surface area contributed by atoms with E-state index in [0.717, 1.165) is 5.71 Å². The molecule has 1 aromatic carbocycles. The number of benzene rings is 1. The van der Waals surface area contributed by atoms with Crippen molar-refractivity contribution >= 4 is 22.4 Å². The molecular weight excluding hydrogens is 269 g/mol. The minimum absolute atomic E-state index is 0.0516. The number of nitrogens with zero attached hydrogens (tertiary/aromatic N) is 3. The second kappa shape index (κ2) is 5.44. The Hall–Kier alpha value is -2.18. The maximum absolute atomic E-state index is 12.8. The number of para-hydroxylation sites is 1. The highest BCUT2D eigenvalue weighted by molar-refractivity contribution is 5.90. The van der Waals surface area contributed by atoms with Crippen molar-refractivity contribution < 1.29 is 13.2 Å². The van der Waals surface area contributed by atoms with Crippen molar-refractivity contribution in [2.24, 2.45) is 5.10 Å². The Bertz CT molecular complexity index is 650. The summed E-state index contributed by atoms with van der Waals surface area (Å²) < 4.78 is 38.3. The van der Waals surface area contributed by atoms with Crippen molar-refractivity contribution in [3.05, 3.63) is 30.1 Å². The van der Waals surface area contributed by atoms with Gasteiger partial charge in [0.2, 0.25) is 5.82 Å². The van der Waals surface area contributed by atoms with E-state index in [-0.39, 0.29) is 11.3 Å². The summed E-state index contributed by atoms with van der Waals surface area (Å²) in [4.78, 5) is 7.05. The van der Waals surface area contributed by atoms with E-state index < -0.39 is 12.0 Å². The molecule has 2 aromatic rings. The third-order valence-corrected chi connectivity index (χ3v) is 2.72. The minimum Gasteiger partial charge on any atom is -0.261 e. The van der Waals surface area contributed by atoms with Gasteiger partial charge in [0.15, 0.2) is 5.82 Å². The monoisotopic (exact) mass is 282 g/mol. The van der Waals surface area contributed by atoms with Crippen molar-refractivity contribution in [3.8, 4) is 0 Å². The molecular formula is C13H13F3N4. The van der Waals surface area contributed by atoms with Crippen LogP contribution in [0.15, 0.2) is 29.4 Å². The van der Waals surface area contributed by atoms with Crippen LogP contribution in [0, 0.1) is 0 Å². The summed E-state index contributed by atoms with van der Waals surface area (Å²) in [6, 6.07) is 6.49. The maximum Gasteiger partial charge on any atom is 0.451 e. The number of nitrogens with one attached hydrogen (secondary N) is 1. The summed E-state index contributed by atoms with van der Waals surface area (Å²) in [5.41, 5.74) is 3.58. The molecule has 0 radical (unpaired) electrons. The van der Waals surface area contributed by atoms with Crippen molar-refractivity contribution in [2.45, 2.75) is 26.4 Å². The van der Waals surface area contributed by atoms with Crippen molar-refractivity contribution in [2.75, 3.05) is 5.43 Å². The molecule has 7 heteroatoms. The Kier molecular flexibility index (Phi) is 3.87. The van der Waals surface area contributed by atoms with Gasteiger partial charge in [-0.05, 0) is 25.5 Å². The van der Waals surface area contributed by atoms with E-state index in [4.69, 9.17) is 0 Å². The number of anilines is 1. The zero-order chi connectivity index (χ0) is 14.8. The Balaban J connectivity index is 2.55. The fourth-order valence-corrected chi connectivity index (χ4v) is 1.52. The molecule has 0 atom stereocenters. The third kappa shape index (κ3) is 3.04. The molecule has 0 aliphatic heterocycles.